The van der Waals surface area contributed by atoms with Crippen molar-refractivity contribution < 1.29 is 18.8 Å². The van der Waals surface area contributed by atoms with E-state index >= 15 is 0 Å². The second kappa shape index (κ2) is 11.9. The van der Waals surface area contributed by atoms with Gasteiger partial charge in [0.2, 0.25) is 11.8 Å². The molecule has 1 saturated carbocycles. The van der Waals surface area contributed by atoms with E-state index in [-0.39, 0.29) is 40.6 Å². The van der Waals surface area contributed by atoms with Crippen LogP contribution in [0, 0.1) is 11.7 Å². The molecule has 0 bridgehead atoms. The highest BCUT2D eigenvalue weighted by atomic mass is 35.5. The molecule has 202 valence electrons. The van der Waals surface area contributed by atoms with Crippen molar-refractivity contribution in [3.63, 3.8) is 0 Å². The molecule has 2 aliphatic rings. The van der Waals surface area contributed by atoms with E-state index in [0.717, 1.165) is 38.5 Å². The lowest BCUT2D eigenvalue weighted by molar-refractivity contribution is -0.139. The van der Waals surface area contributed by atoms with Crippen molar-refractivity contribution in [2.24, 2.45) is 5.92 Å². The van der Waals surface area contributed by atoms with Crippen molar-refractivity contribution in [2.75, 3.05) is 13.6 Å². The molecule has 2 heterocycles. The zero-order valence-corrected chi connectivity index (χ0v) is 22.7. The minimum absolute atomic E-state index is 0.00525. The molecule has 1 saturated heterocycles. The summed E-state index contributed by atoms with van der Waals surface area (Å²) in [5.74, 6) is -0.632. The van der Waals surface area contributed by atoms with E-state index in [1.54, 1.807) is 20.2 Å². The van der Waals surface area contributed by atoms with E-state index in [0.29, 0.717) is 36.0 Å². The number of aryl methyl sites for hydroxylation is 1. The SMILES string of the molecule is CN[C@@H](C)C(=O)N[C@H](C(=O)N1CCC[C@H]1CCn1cc(C(C)=O)c2cc(Cl)c(F)cc21)C1CCCCC1. The number of aromatic nitrogens is 1. The lowest BCUT2D eigenvalue weighted by atomic mass is 9.83. The molecule has 9 heteroatoms. The minimum Gasteiger partial charge on any atom is -0.347 e. The Morgan fingerprint density at radius 3 is 2.54 bits per heavy atom. The molecule has 37 heavy (non-hydrogen) atoms. The molecule has 2 N–H and O–H groups in total. The lowest BCUT2D eigenvalue weighted by Crippen LogP contribution is -2.56. The number of rotatable bonds is 9. The van der Waals surface area contributed by atoms with Crippen molar-refractivity contribution in [1.29, 1.82) is 0 Å². The first-order chi connectivity index (χ1) is 17.7. The number of likely N-dealkylation sites (N-methyl/N-ethyl adjacent to an activating group) is 1. The Morgan fingerprint density at radius 2 is 1.86 bits per heavy atom. The van der Waals surface area contributed by atoms with E-state index in [1.807, 2.05) is 9.47 Å². The van der Waals surface area contributed by atoms with Gasteiger partial charge in [-0.25, -0.2) is 4.39 Å². The standard InChI is InChI=1S/C28H38ClFN4O3/c1-17(31-3)27(36)32-26(19-8-5-4-6-9-19)28(37)34-12-7-10-20(34)11-13-33-16-22(18(2)35)21-14-23(29)24(30)15-25(21)33/h14-17,19-20,26,31H,4-13H2,1-3H3,(H,32,36)/t17-,20-,26-/m0/s1. The van der Waals surface area contributed by atoms with E-state index in [2.05, 4.69) is 10.6 Å². The van der Waals surface area contributed by atoms with Crippen LogP contribution in [0.2, 0.25) is 5.02 Å². The van der Waals surface area contributed by atoms with Gasteiger partial charge in [-0.15, -0.1) is 0 Å². The van der Waals surface area contributed by atoms with Crippen LogP contribution in [0.3, 0.4) is 0 Å². The fraction of sp³-hybridized carbons (Fsp3) is 0.607. The van der Waals surface area contributed by atoms with Crippen molar-refractivity contribution in [3.8, 4) is 0 Å². The van der Waals surface area contributed by atoms with Gasteiger partial charge in [-0.05, 0) is 71.0 Å². The largest absolute Gasteiger partial charge is 0.347 e. The molecule has 3 atom stereocenters. The summed E-state index contributed by atoms with van der Waals surface area (Å²) < 4.78 is 16.2. The Kier molecular flexibility index (Phi) is 8.90. The number of halogens is 2. The number of Topliss-reactive ketones (excluding diaryl/α,β-unsaturated/α-hetero) is 1. The molecule has 1 aliphatic heterocycles. The van der Waals surface area contributed by atoms with Crippen LogP contribution >= 0.6 is 11.6 Å². The lowest BCUT2D eigenvalue weighted by Gasteiger charge is -2.35. The van der Waals surface area contributed by atoms with Gasteiger partial charge in [0.1, 0.15) is 11.9 Å². The number of fused-ring (bicyclic) bond motifs is 1. The highest BCUT2D eigenvalue weighted by molar-refractivity contribution is 6.31. The van der Waals surface area contributed by atoms with Crippen LogP contribution in [0.5, 0.6) is 0 Å². The second-order valence-electron chi connectivity index (χ2n) is 10.6. The Balaban J connectivity index is 1.52. The topological polar surface area (TPSA) is 83.4 Å². The van der Waals surface area contributed by atoms with Crippen molar-refractivity contribution in [1.82, 2.24) is 20.1 Å². The average molecular weight is 533 g/mol. The van der Waals surface area contributed by atoms with Gasteiger partial charge in [-0.2, -0.15) is 0 Å². The van der Waals surface area contributed by atoms with Crippen LogP contribution in [0.25, 0.3) is 10.9 Å². The van der Waals surface area contributed by atoms with E-state index in [1.165, 1.54) is 25.5 Å². The third-order valence-electron chi connectivity index (χ3n) is 8.18. The predicted octanol–water partition coefficient (Wildman–Crippen LogP) is 4.69. The Hall–Kier alpha value is -2.45. The number of likely N-dealkylation sites (tertiary alicyclic amines) is 1. The molecule has 2 aromatic rings. The monoisotopic (exact) mass is 532 g/mol. The summed E-state index contributed by atoms with van der Waals surface area (Å²) in [5.41, 5.74) is 1.13. The fourth-order valence-electron chi connectivity index (χ4n) is 5.90. The highest BCUT2D eigenvalue weighted by Crippen LogP contribution is 2.32. The molecule has 4 rings (SSSR count). The minimum atomic E-state index is -0.525. The zero-order chi connectivity index (χ0) is 26.7. The van der Waals surface area contributed by atoms with Crippen LogP contribution in [0.1, 0.15) is 75.6 Å². The summed E-state index contributed by atoms with van der Waals surface area (Å²) in [6, 6.07) is 2.01. The van der Waals surface area contributed by atoms with Crippen molar-refractivity contribution in [2.45, 2.75) is 89.9 Å². The highest BCUT2D eigenvalue weighted by Gasteiger charge is 2.38. The normalized spacial score (nSPS) is 20.2. The maximum absolute atomic E-state index is 14.3. The van der Waals surface area contributed by atoms with Crippen LogP contribution in [0.4, 0.5) is 4.39 Å². The molecular weight excluding hydrogens is 495 g/mol. The van der Waals surface area contributed by atoms with Gasteiger partial charge in [-0.3, -0.25) is 14.4 Å². The fourth-order valence-corrected chi connectivity index (χ4v) is 6.06. The van der Waals surface area contributed by atoms with Crippen molar-refractivity contribution >= 4 is 40.1 Å². The Labute approximate surface area is 223 Å². The molecule has 1 aliphatic carbocycles. The number of carbonyl (C=O) groups excluding carboxylic acids is 3. The van der Waals surface area contributed by atoms with Crippen LogP contribution in [0.15, 0.2) is 18.3 Å². The molecule has 2 amide bonds. The summed E-state index contributed by atoms with van der Waals surface area (Å²) in [6.07, 6.45) is 9.44. The Bertz CT molecular complexity index is 1160. The summed E-state index contributed by atoms with van der Waals surface area (Å²) >= 11 is 5.99. The number of amides is 2. The van der Waals surface area contributed by atoms with E-state index in [4.69, 9.17) is 11.6 Å². The first-order valence-electron chi connectivity index (χ1n) is 13.5. The number of hydrogen-bond acceptors (Lipinski definition) is 4. The number of nitrogens with zero attached hydrogens (tertiary/aromatic N) is 2. The smallest absolute Gasteiger partial charge is 0.245 e. The van der Waals surface area contributed by atoms with E-state index < -0.39 is 11.9 Å². The van der Waals surface area contributed by atoms with Gasteiger partial charge < -0.3 is 20.1 Å². The molecule has 0 unspecified atom stereocenters. The molecule has 1 aromatic carbocycles. The maximum Gasteiger partial charge on any atom is 0.245 e. The van der Waals surface area contributed by atoms with Crippen LogP contribution < -0.4 is 10.6 Å². The first-order valence-corrected chi connectivity index (χ1v) is 13.9. The number of ketones is 1. The van der Waals surface area contributed by atoms with Crippen LogP contribution in [-0.2, 0) is 16.1 Å². The van der Waals surface area contributed by atoms with Gasteiger partial charge in [0.25, 0.3) is 0 Å². The number of nitrogens with one attached hydrogen (secondary N) is 2. The quantitative estimate of drug-likeness (QED) is 0.459. The van der Waals surface area contributed by atoms with E-state index in [9.17, 15) is 18.8 Å². The number of hydrogen-bond donors (Lipinski definition) is 2. The zero-order valence-electron chi connectivity index (χ0n) is 22.0. The van der Waals surface area contributed by atoms with Gasteiger partial charge in [0.15, 0.2) is 5.78 Å². The van der Waals surface area contributed by atoms with Gasteiger partial charge in [-0.1, -0.05) is 30.9 Å². The first kappa shape index (κ1) is 27.6. The summed E-state index contributed by atoms with van der Waals surface area (Å²) in [5, 5.41) is 6.66. The number of carbonyl (C=O) groups is 3. The van der Waals surface area contributed by atoms with Gasteiger partial charge >= 0.3 is 0 Å². The van der Waals surface area contributed by atoms with Gasteiger partial charge in [0.05, 0.1) is 16.6 Å². The third kappa shape index (κ3) is 6.01. The molecule has 7 nitrogen and oxygen atoms in total. The summed E-state index contributed by atoms with van der Waals surface area (Å²) in [4.78, 5) is 40.8. The van der Waals surface area contributed by atoms with Crippen LogP contribution in [-0.4, -0.2) is 58.8 Å². The predicted molar refractivity (Wildman–Crippen MR) is 143 cm³/mol. The van der Waals surface area contributed by atoms with Gasteiger partial charge in [0, 0.05) is 36.3 Å². The average Bonchev–Trinajstić information content (AvgIpc) is 3.50. The maximum atomic E-state index is 14.3. The molecule has 1 aromatic heterocycles. The molecular formula is C28H38ClFN4O3. The number of benzene rings is 1. The molecule has 2 fully saturated rings. The molecule has 0 radical (unpaired) electrons. The van der Waals surface area contributed by atoms with Crippen molar-refractivity contribution in [3.05, 3.63) is 34.7 Å². The summed E-state index contributed by atoms with van der Waals surface area (Å²) in [7, 11) is 1.74. The second-order valence-corrected chi connectivity index (χ2v) is 11.0. The Morgan fingerprint density at radius 1 is 1.14 bits per heavy atom. The summed E-state index contributed by atoms with van der Waals surface area (Å²) in [6.45, 7) is 4.49. The molecule has 0 spiro atoms. The third-order valence-corrected chi connectivity index (χ3v) is 8.47.